The van der Waals surface area contributed by atoms with E-state index in [1.165, 1.54) is 16.5 Å². The highest BCUT2D eigenvalue weighted by atomic mass is 79.9. The molecule has 0 bridgehead atoms. The molecule has 2 heteroatoms. The summed E-state index contributed by atoms with van der Waals surface area (Å²) in [6.07, 6.45) is 0. The van der Waals surface area contributed by atoms with Gasteiger partial charge in [0.05, 0.1) is 4.60 Å². The first-order valence-electron chi connectivity index (χ1n) is 4.77. The summed E-state index contributed by atoms with van der Waals surface area (Å²) in [6.45, 7) is 6.69. The van der Waals surface area contributed by atoms with E-state index in [1.54, 1.807) is 0 Å². The average Bonchev–Trinajstić information content (AvgIpc) is 2.38. The number of aromatic amines is 1. The summed E-state index contributed by atoms with van der Waals surface area (Å²) in [5.41, 5.74) is 2.72. The molecule has 0 spiro atoms. The van der Waals surface area contributed by atoms with Gasteiger partial charge in [-0.1, -0.05) is 39.0 Å². The van der Waals surface area contributed by atoms with E-state index in [0.717, 1.165) is 4.60 Å². The SMILES string of the molecule is CC(C)(C)c1c(Br)[nH]c2ccccc12. The van der Waals surface area contributed by atoms with E-state index in [4.69, 9.17) is 0 Å². The molecule has 0 fully saturated rings. The third-order valence-electron chi connectivity index (χ3n) is 2.41. The lowest BCUT2D eigenvalue weighted by Crippen LogP contribution is -2.10. The quantitative estimate of drug-likeness (QED) is 0.722. The van der Waals surface area contributed by atoms with Crippen LogP contribution in [0.1, 0.15) is 26.3 Å². The molecule has 1 aromatic carbocycles. The second-order valence-electron chi connectivity index (χ2n) is 4.61. The molecule has 1 N–H and O–H groups in total. The number of para-hydroxylation sites is 1. The number of nitrogens with one attached hydrogen (secondary N) is 1. The van der Waals surface area contributed by atoms with Crippen molar-refractivity contribution in [2.45, 2.75) is 26.2 Å². The van der Waals surface area contributed by atoms with Gasteiger partial charge in [-0.15, -0.1) is 0 Å². The normalized spacial score (nSPS) is 12.3. The van der Waals surface area contributed by atoms with E-state index in [1.807, 2.05) is 0 Å². The molecule has 2 rings (SSSR count). The summed E-state index contributed by atoms with van der Waals surface area (Å²) in [5, 5.41) is 1.31. The highest BCUT2D eigenvalue weighted by molar-refractivity contribution is 9.10. The number of aromatic nitrogens is 1. The van der Waals surface area contributed by atoms with Crippen molar-refractivity contribution in [2.24, 2.45) is 0 Å². The number of benzene rings is 1. The van der Waals surface area contributed by atoms with Crippen LogP contribution in [-0.4, -0.2) is 4.98 Å². The molecular weight excluding hydrogens is 238 g/mol. The molecule has 1 heterocycles. The van der Waals surface area contributed by atoms with Gasteiger partial charge in [-0.05, 0) is 33.0 Å². The minimum absolute atomic E-state index is 0.165. The van der Waals surface area contributed by atoms with E-state index in [-0.39, 0.29) is 5.41 Å². The molecule has 74 valence electrons. The highest BCUT2D eigenvalue weighted by Gasteiger charge is 2.21. The van der Waals surface area contributed by atoms with Crippen LogP contribution in [-0.2, 0) is 5.41 Å². The Labute approximate surface area is 92.6 Å². The number of halogens is 1. The maximum absolute atomic E-state index is 3.59. The Balaban J connectivity index is 2.81. The second-order valence-corrected chi connectivity index (χ2v) is 5.40. The van der Waals surface area contributed by atoms with Crippen molar-refractivity contribution in [3.05, 3.63) is 34.4 Å². The molecule has 0 radical (unpaired) electrons. The molecule has 0 unspecified atom stereocenters. The van der Waals surface area contributed by atoms with Gasteiger partial charge >= 0.3 is 0 Å². The lowest BCUT2D eigenvalue weighted by Gasteiger charge is -2.18. The van der Waals surface area contributed by atoms with Crippen LogP contribution in [0.4, 0.5) is 0 Å². The summed E-state index contributed by atoms with van der Waals surface area (Å²) >= 11 is 3.59. The minimum Gasteiger partial charge on any atom is -0.349 e. The van der Waals surface area contributed by atoms with Crippen LogP contribution in [0.5, 0.6) is 0 Å². The van der Waals surface area contributed by atoms with Crippen LogP contribution in [0.3, 0.4) is 0 Å². The summed E-state index contributed by atoms with van der Waals surface area (Å²) in [4.78, 5) is 3.35. The van der Waals surface area contributed by atoms with Crippen molar-refractivity contribution in [1.82, 2.24) is 4.98 Å². The Kier molecular flexibility index (Phi) is 2.18. The van der Waals surface area contributed by atoms with Crippen LogP contribution < -0.4 is 0 Å². The van der Waals surface area contributed by atoms with Crippen molar-refractivity contribution in [2.75, 3.05) is 0 Å². The number of rotatable bonds is 0. The fourth-order valence-corrected chi connectivity index (χ4v) is 2.86. The molecule has 2 aromatic rings. The van der Waals surface area contributed by atoms with Crippen molar-refractivity contribution in [3.8, 4) is 0 Å². The molecule has 0 amide bonds. The van der Waals surface area contributed by atoms with E-state index in [9.17, 15) is 0 Å². The lowest BCUT2D eigenvalue weighted by atomic mass is 9.87. The molecule has 1 nitrogen and oxygen atoms in total. The predicted molar refractivity (Wildman–Crippen MR) is 64.7 cm³/mol. The Morgan fingerprint density at radius 1 is 1.14 bits per heavy atom. The van der Waals surface area contributed by atoms with Crippen LogP contribution in [0.15, 0.2) is 28.9 Å². The first kappa shape index (κ1) is 9.78. The summed E-state index contributed by atoms with van der Waals surface area (Å²) in [5.74, 6) is 0. The van der Waals surface area contributed by atoms with Crippen molar-refractivity contribution >= 4 is 26.8 Å². The van der Waals surface area contributed by atoms with Gasteiger partial charge in [-0.3, -0.25) is 0 Å². The molecule has 0 saturated heterocycles. The minimum atomic E-state index is 0.165. The third kappa shape index (κ3) is 1.48. The van der Waals surface area contributed by atoms with Gasteiger partial charge in [0.25, 0.3) is 0 Å². The number of hydrogen-bond acceptors (Lipinski definition) is 0. The topological polar surface area (TPSA) is 15.8 Å². The van der Waals surface area contributed by atoms with Crippen molar-refractivity contribution < 1.29 is 0 Å². The fourth-order valence-electron chi connectivity index (χ4n) is 1.84. The van der Waals surface area contributed by atoms with Crippen molar-refractivity contribution in [1.29, 1.82) is 0 Å². The number of fused-ring (bicyclic) bond motifs is 1. The van der Waals surface area contributed by atoms with Gasteiger partial charge in [0, 0.05) is 10.9 Å². The van der Waals surface area contributed by atoms with Gasteiger partial charge in [0.15, 0.2) is 0 Å². The van der Waals surface area contributed by atoms with Gasteiger partial charge in [0.2, 0.25) is 0 Å². The molecule has 0 saturated carbocycles. The average molecular weight is 252 g/mol. The Morgan fingerprint density at radius 2 is 1.79 bits per heavy atom. The zero-order chi connectivity index (χ0) is 10.3. The van der Waals surface area contributed by atoms with Gasteiger partial charge in [0.1, 0.15) is 0 Å². The first-order chi connectivity index (χ1) is 6.50. The molecule has 0 aliphatic carbocycles. The number of hydrogen-bond donors (Lipinski definition) is 1. The summed E-state index contributed by atoms with van der Waals surface area (Å²) in [6, 6.07) is 8.40. The smallest absolute Gasteiger partial charge is 0.0868 e. The molecular formula is C12H14BrN. The molecule has 0 aliphatic heterocycles. The highest BCUT2D eigenvalue weighted by Crippen LogP contribution is 2.35. The summed E-state index contributed by atoms with van der Waals surface area (Å²) in [7, 11) is 0. The van der Waals surface area contributed by atoms with Gasteiger partial charge in [-0.25, -0.2) is 0 Å². The predicted octanol–water partition coefficient (Wildman–Crippen LogP) is 4.23. The molecule has 1 aromatic heterocycles. The van der Waals surface area contributed by atoms with Crippen LogP contribution in [0, 0.1) is 0 Å². The van der Waals surface area contributed by atoms with E-state index < -0.39 is 0 Å². The van der Waals surface area contributed by atoms with Crippen LogP contribution in [0.2, 0.25) is 0 Å². The molecule has 14 heavy (non-hydrogen) atoms. The zero-order valence-electron chi connectivity index (χ0n) is 8.69. The largest absolute Gasteiger partial charge is 0.349 e. The lowest BCUT2D eigenvalue weighted by molar-refractivity contribution is 0.592. The maximum atomic E-state index is 3.59. The third-order valence-corrected chi connectivity index (χ3v) is 3.01. The van der Waals surface area contributed by atoms with Crippen LogP contribution in [0.25, 0.3) is 10.9 Å². The fraction of sp³-hybridized carbons (Fsp3) is 0.333. The zero-order valence-corrected chi connectivity index (χ0v) is 10.3. The van der Waals surface area contributed by atoms with E-state index in [2.05, 4.69) is 66.0 Å². The van der Waals surface area contributed by atoms with E-state index >= 15 is 0 Å². The maximum Gasteiger partial charge on any atom is 0.0868 e. The van der Waals surface area contributed by atoms with E-state index in [0.29, 0.717) is 0 Å². The van der Waals surface area contributed by atoms with Gasteiger partial charge < -0.3 is 4.98 Å². The van der Waals surface area contributed by atoms with Crippen molar-refractivity contribution in [3.63, 3.8) is 0 Å². The summed E-state index contributed by atoms with van der Waals surface area (Å²) < 4.78 is 1.10. The molecule has 0 atom stereocenters. The Bertz CT molecular complexity index is 463. The second kappa shape index (κ2) is 3.13. The molecule has 0 aliphatic rings. The first-order valence-corrected chi connectivity index (χ1v) is 5.56. The number of H-pyrrole nitrogens is 1. The Hall–Kier alpha value is -0.760. The standard InChI is InChI=1S/C12H14BrN/c1-12(2,3)10-8-6-4-5-7-9(8)14-11(10)13/h4-7,14H,1-3H3. The van der Waals surface area contributed by atoms with Gasteiger partial charge in [-0.2, -0.15) is 0 Å². The monoisotopic (exact) mass is 251 g/mol. The Morgan fingerprint density at radius 3 is 2.43 bits per heavy atom. The van der Waals surface area contributed by atoms with Crippen LogP contribution >= 0.6 is 15.9 Å².